The van der Waals surface area contributed by atoms with Gasteiger partial charge in [0, 0.05) is 33.1 Å². The Morgan fingerprint density at radius 1 is 0.299 bits per heavy atom. The Hall–Kier alpha value is -8.72. The van der Waals surface area contributed by atoms with Gasteiger partial charge in [-0.3, -0.25) is 0 Å². The van der Waals surface area contributed by atoms with E-state index in [1.54, 1.807) is 0 Å². The normalized spacial score (nSPS) is 13.2. The van der Waals surface area contributed by atoms with Crippen LogP contribution in [-0.2, 0) is 5.41 Å². The van der Waals surface area contributed by atoms with Gasteiger partial charge in [0.2, 0.25) is 0 Å². The fourth-order valence-electron chi connectivity index (χ4n) is 12.3. The molecule has 13 aromatic rings. The second kappa shape index (κ2) is 13.7. The minimum atomic E-state index is -0.461. The molecule has 0 saturated carbocycles. The second-order valence-electron chi connectivity index (χ2n) is 18.3. The maximum atomic E-state index is 6.47. The highest BCUT2D eigenvalue weighted by molar-refractivity contribution is 6.34. The van der Waals surface area contributed by atoms with Crippen LogP contribution in [0.4, 0.5) is 17.1 Å². The van der Waals surface area contributed by atoms with Crippen molar-refractivity contribution in [2.75, 3.05) is 4.90 Å². The second-order valence-corrected chi connectivity index (χ2v) is 18.3. The average molecular weight is 850 g/mol. The van der Waals surface area contributed by atoms with E-state index in [0.29, 0.717) is 0 Å². The van der Waals surface area contributed by atoms with Crippen molar-refractivity contribution in [3.63, 3.8) is 0 Å². The molecular formula is C65H39NO. The lowest BCUT2D eigenvalue weighted by molar-refractivity contribution is 0.669. The Morgan fingerprint density at radius 2 is 0.836 bits per heavy atom. The van der Waals surface area contributed by atoms with Crippen LogP contribution in [0.15, 0.2) is 241 Å². The van der Waals surface area contributed by atoms with Crippen molar-refractivity contribution < 1.29 is 4.42 Å². The van der Waals surface area contributed by atoms with Gasteiger partial charge in [-0.1, -0.05) is 182 Å². The molecule has 2 heteroatoms. The lowest BCUT2D eigenvalue weighted by Gasteiger charge is -2.33. The number of anilines is 3. The lowest BCUT2D eigenvalue weighted by Crippen LogP contribution is -2.26. The number of hydrogen-bond donors (Lipinski definition) is 0. The van der Waals surface area contributed by atoms with E-state index in [2.05, 4.69) is 241 Å². The van der Waals surface area contributed by atoms with Crippen LogP contribution in [0.3, 0.4) is 0 Å². The van der Waals surface area contributed by atoms with Crippen LogP contribution in [0.2, 0.25) is 0 Å². The van der Waals surface area contributed by atoms with E-state index in [0.717, 1.165) is 44.7 Å². The van der Waals surface area contributed by atoms with Crippen LogP contribution in [-0.4, -0.2) is 0 Å². The molecule has 0 aliphatic heterocycles. The summed E-state index contributed by atoms with van der Waals surface area (Å²) >= 11 is 0. The van der Waals surface area contributed by atoms with Crippen molar-refractivity contribution in [2.45, 2.75) is 5.41 Å². The Labute approximate surface area is 387 Å². The van der Waals surface area contributed by atoms with Crippen LogP contribution in [0.1, 0.15) is 22.3 Å². The van der Waals surface area contributed by atoms with Gasteiger partial charge in [-0.25, -0.2) is 0 Å². The van der Waals surface area contributed by atoms with E-state index in [9.17, 15) is 0 Å². The summed E-state index contributed by atoms with van der Waals surface area (Å²) in [6, 6.07) is 87.8. The van der Waals surface area contributed by atoms with Crippen molar-refractivity contribution in [2.24, 2.45) is 0 Å². The molecule has 2 aliphatic rings. The van der Waals surface area contributed by atoms with Gasteiger partial charge < -0.3 is 9.32 Å². The monoisotopic (exact) mass is 849 g/mol. The summed E-state index contributed by atoms with van der Waals surface area (Å²) in [5.41, 5.74) is 17.5. The van der Waals surface area contributed by atoms with Crippen LogP contribution in [0.5, 0.6) is 0 Å². The molecule has 1 aromatic heterocycles. The van der Waals surface area contributed by atoms with E-state index in [1.807, 2.05) is 0 Å². The van der Waals surface area contributed by atoms with Gasteiger partial charge in [0.05, 0.1) is 11.1 Å². The topological polar surface area (TPSA) is 16.4 Å². The summed E-state index contributed by atoms with van der Waals surface area (Å²) in [5.74, 6) is 0. The molecule has 67 heavy (non-hydrogen) atoms. The number of furan rings is 1. The zero-order valence-corrected chi connectivity index (χ0v) is 36.4. The molecule has 15 rings (SSSR count). The first-order valence-electron chi connectivity index (χ1n) is 23.2. The molecule has 1 heterocycles. The van der Waals surface area contributed by atoms with Crippen LogP contribution in [0, 0.1) is 0 Å². The van der Waals surface area contributed by atoms with Crippen LogP contribution < -0.4 is 4.90 Å². The Morgan fingerprint density at radius 3 is 1.60 bits per heavy atom. The molecule has 0 bridgehead atoms. The molecule has 0 amide bonds. The molecule has 310 valence electrons. The number of benzene rings is 12. The van der Waals surface area contributed by atoms with Crippen LogP contribution in [0.25, 0.3) is 98.4 Å². The van der Waals surface area contributed by atoms with Crippen molar-refractivity contribution in [3.8, 4) is 33.4 Å². The molecule has 1 spiro atoms. The van der Waals surface area contributed by atoms with Gasteiger partial charge in [0.25, 0.3) is 0 Å². The van der Waals surface area contributed by atoms with Crippen molar-refractivity contribution >= 4 is 82.1 Å². The highest BCUT2D eigenvalue weighted by atomic mass is 16.3. The zero-order chi connectivity index (χ0) is 43.8. The molecule has 0 unspecified atom stereocenters. The smallest absolute Gasteiger partial charge is 0.136 e. The van der Waals surface area contributed by atoms with Crippen LogP contribution >= 0.6 is 0 Å². The Kier molecular flexibility index (Phi) is 7.46. The van der Waals surface area contributed by atoms with E-state index in [-0.39, 0.29) is 0 Å². The average Bonchev–Trinajstić information content (AvgIpc) is 4.03. The molecule has 2 aliphatic carbocycles. The third kappa shape index (κ3) is 4.94. The first-order valence-corrected chi connectivity index (χ1v) is 23.2. The van der Waals surface area contributed by atoms with E-state index in [1.165, 1.54) is 93.0 Å². The van der Waals surface area contributed by atoms with Gasteiger partial charge >= 0.3 is 0 Å². The molecule has 0 atom stereocenters. The molecule has 2 nitrogen and oxygen atoms in total. The van der Waals surface area contributed by atoms with Crippen molar-refractivity contribution in [3.05, 3.63) is 259 Å². The Bertz CT molecular complexity index is 4180. The predicted octanol–water partition coefficient (Wildman–Crippen LogP) is 17.7. The standard InChI is InChI=1S/C65H39NO/c1-2-16-41-37-43(31-29-40(41)15-1)66(44-32-34-51-50-21-7-12-26-58(50)65(59(51)39-44)56-24-10-5-19-48(56)49-20-6-11-25-57(49)65)60-27-13-8-17-45(60)42-30-33-47-46-18-3-4-22-52(46)63-53(55(47)38-42)35-36-62-64(63)54-23-9-14-28-61(54)67-62/h1-39H. The minimum absolute atomic E-state index is 0.461. The maximum Gasteiger partial charge on any atom is 0.136 e. The van der Waals surface area contributed by atoms with Crippen molar-refractivity contribution in [1.29, 1.82) is 0 Å². The summed E-state index contributed by atoms with van der Waals surface area (Å²) in [4.78, 5) is 2.50. The SMILES string of the molecule is c1ccc(N(c2ccc3c(c2)C2(c4ccccc4-c4ccccc42)c2ccccc2-3)c2ccc3ccccc3c2)c(-c2ccc3c4ccccc4c4c(ccc5oc6ccccc6c54)c3c2)c1. The number of fused-ring (bicyclic) bond motifs is 21. The minimum Gasteiger partial charge on any atom is -0.456 e. The number of para-hydroxylation sites is 2. The third-order valence-corrected chi connectivity index (χ3v) is 15.0. The summed E-state index contributed by atoms with van der Waals surface area (Å²) in [6.07, 6.45) is 0. The molecular weight excluding hydrogens is 811 g/mol. The summed E-state index contributed by atoms with van der Waals surface area (Å²) in [7, 11) is 0. The maximum absolute atomic E-state index is 6.47. The first-order chi connectivity index (χ1) is 33.2. The molecule has 12 aromatic carbocycles. The number of nitrogens with zero attached hydrogens (tertiary/aromatic N) is 1. The third-order valence-electron chi connectivity index (χ3n) is 15.0. The first kappa shape index (κ1) is 36.6. The fourth-order valence-corrected chi connectivity index (χ4v) is 12.3. The van der Waals surface area contributed by atoms with Gasteiger partial charge in [0.15, 0.2) is 0 Å². The van der Waals surface area contributed by atoms with Crippen molar-refractivity contribution in [1.82, 2.24) is 0 Å². The van der Waals surface area contributed by atoms with Gasteiger partial charge in [-0.05, 0) is 142 Å². The highest BCUT2D eigenvalue weighted by Crippen LogP contribution is 2.63. The zero-order valence-electron chi connectivity index (χ0n) is 36.4. The number of rotatable bonds is 4. The van der Waals surface area contributed by atoms with E-state index < -0.39 is 5.41 Å². The van der Waals surface area contributed by atoms with E-state index >= 15 is 0 Å². The predicted molar refractivity (Wildman–Crippen MR) is 280 cm³/mol. The lowest BCUT2D eigenvalue weighted by atomic mass is 9.70. The molecule has 0 fully saturated rings. The molecule has 0 N–H and O–H groups in total. The van der Waals surface area contributed by atoms with Gasteiger partial charge in [-0.15, -0.1) is 0 Å². The quantitative estimate of drug-likeness (QED) is 0.164. The summed E-state index contributed by atoms with van der Waals surface area (Å²) in [6.45, 7) is 0. The van der Waals surface area contributed by atoms with Gasteiger partial charge in [0.1, 0.15) is 11.2 Å². The molecule has 0 radical (unpaired) electrons. The summed E-state index contributed by atoms with van der Waals surface area (Å²) in [5, 5.41) is 12.1. The Balaban J connectivity index is 0.994. The molecule has 0 saturated heterocycles. The fraction of sp³-hybridized carbons (Fsp3) is 0.0154. The summed E-state index contributed by atoms with van der Waals surface area (Å²) < 4.78 is 6.47. The number of hydrogen-bond acceptors (Lipinski definition) is 2. The highest BCUT2D eigenvalue weighted by Gasteiger charge is 2.51. The van der Waals surface area contributed by atoms with Gasteiger partial charge in [-0.2, -0.15) is 0 Å². The largest absolute Gasteiger partial charge is 0.456 e. The van der Waals surface area contributed by atoms with E-state index in [4.69, 9.17) is 4.42 Å².